The van der Waals surface area contributed by atoms with Crippen LogP contribution in [0.25, 0.3) is 0 Å². The summed E-state index contributed by atoms with van der Waals surface area (Å²) < 4.78 is 0. The Labute approximate surface area is 107 Å². The topological polar surface area (TPSA) is 75.3 Å². The molecule has 0 aromatic heterocycles. The summed E-state index contributed by atoms with van der Waals surface area (Å²) in [6.07, 6.45) is 3.45. The molecule has 98 valence electrons. The van der Waals surface area contributed by atoms with Crippen molar-refractivity contribution < 1.29 is 9.90 Å². The standard InChI is InChI=1S/C14H20N2O2/c1-2-12(18)16-8-7-10-4-3-9-5-6-11(17)14(15)13(9)10/h5-6,10,17H,2-4,7-8,15H2,1H3,(H,16,18)/t10-/m0/s1. The fraction of sp³-hybridized carbons (Fsp3) is 0.500. The predicted molar refractivity (Wildman–Crippen MR) is 71.5 cm³/mol. The normalized spacial score (nSPS) is 17.5. The molecule has 0 unspecified atom stereocenters. The van der Waals surface area contributed by atoms with Crippen LogP contribution < -0.4 is 11.1 Å². The number of phenolic OH excluding ortho intramolecular Hbond substituents is 1. The van der Waals surface area contributed by atoms with Gasteiger partial charge in [0.2, 0.25) is 5.91 Å². The number of nitrogens with two attached hydrogens (primary N) is 1. The minimum Gasteiger partial charge on any atom is -0.506 e. The summed E-state index contributed by atoms with van der Waals surface area (Å²) in [5.74, 6) is 0.597. The molecule has 4 heteroatoms. The molecule has 1 aromatic rings. The van der Waals surface area contributed by atoms with Gasteiger partial charge in [-0.15, -0.1) is 0 Å². The largest absolute Gasteiger partial charge is 0.506 e. The third-order valence-electron chi connectivity index (χ3n) is 3.66. The van der Waals surface area contributed by atoms with E-state index in [4.69, 9.17) is 5.73 Å². The molecule has 4 nitrogen and oxygen atoms in total. The Balaban J connectivity index is 2.03. The molecule has 4 N–H and O–H groups in total. The number of nitrogen functional groups attached to an aromatic ring is 1. The summed E-state index contributed by atoms with van der Waals surface area (Å²) in [5, 5.41) is 12.5. The fourth-order valence-corrected chi connectivity index (χ4v) is 2.64. The number of aryl methyl sites for hydroxylation is 1. The van der Waals surface area contributed by atoms with E-state index in [0.29, 0.717) is 24.6 Å². The molecule has 0 fully saturated rings. The van der Waals surface area contributed by atoms with Gasteiger partial charge in [-0.1, -0.05) is 13.0 Å². The first-order chi connectivity index (χ1) is 8.63. The molecule has 1 atom stereocenters. The van der Waals surface area contributed by atoms with Crippen LogP contribution in [0.2, 0.25) is 0 Å². The molecule has 0 saturated carbocycles. The maximum absolute atomic E-state index is 11.2. The number of rotatable bonds is 4. The molecule has 0 bridgehead atoms. The third-order valence-corrected chi connectivity index (χ3v) is 3.66. The van der Waals surface area contributed by atoms with E-state index in [1.54, 1.807) is 6.07 Å². The molecular weight excluding hydrogens is 228 g/mol. The van der Waals surface area contributed by atoms with Gasteiger partial charge >= 0.3 is 0 Å². The van der Waals surface area contributed by atoms with Crippen LogP contribution in [0.1, 0.15) is 43.2 Å². The molecule has 0 spiro atoms. The average Bonchev–Trinajstić information content (AvgIpc) is 2.77. The Morgan fingerprint density at radius 3 is 3.06 bits per heavy atom. The SMILES string of the molecule is CCC(=O)NCC[C@@H]1CCc2ccc(O)c(N)c21. The van der Waals surface area contributed by atoms with Crippen molar-refractivity contribution in [1.82, 2.24) is 5.32 Å². The first kappa shape index (κ1) is 12.7. The maximum atomic E-state index is 11.2. The zero-order chi connectivity index (χ0) is 13.1. The van der Waals surface area contributed by atoms with Crippen molar-refractivity contribution in [3.8, 4) is 5.75 Å². The second-order valence-corrected chi connectivity index (χ2v) is 4.80. The van der Waals surface area contributed by atoms with Crippen molar-refractivity contribution >= 4 is 11.6 Å². The number of carbonyl (C=O) groups excluding carboxylic acids is 1. The van der Waals surface area contributed by atoms with E-state index in [9.17, 15) is 9.90 Å². The van der Waals surface area contributed by atoms with Crippen LogP contribution in [-0.2, 0) is 11.2 Å². The van der Waals surface area contributed by atoms with Crippen LogP contribution in [-0.4, -0.2) is 17.6 Å². The van der Waals surface area contributed by atoms with E-state index < -0.39 is 0 Å². The number of nitrogens with one attached hydrogen (secondary N) is 1. The minimum atomic E-state index is 0.0806. The summed E-state index contributed by atoms with van der Waals surface area (Å²) >= 11 is 0. The van der Waals surface area contributed by atoms with Gasteiger partial charge in [-0.05, 0) is 42.4 Å². The Hall–Kier alpha value is -1.71. The summed E-state index contributed by atoms with van der Waals surface area (Å²) in [6, 6.07) is 3.61. The van der Waals surface area contributed by atoms with Gasteiger partial charge in [0.1, 0.15) is 5.75 Å². The number of hydrogen-bond acceptors (Lipinski definition) is 3. The monoisotopic (exact) mass is 248 g/mol. The van der Waals surface area contributed by atoms with Gasteiger partial charge in [0.25, 0.3) is 0 Å². The van der Waals surface area contributed by atoms with Crippen LogP contribution in [0.3, 0.4) is 0 Å². The smallest absolute Gasteiger partial charge is 0.219 e. The highest BCUT2D eigenvalue weighted by atomic mass is 16.3. The molecule has 1 amide bonds. The molecule has 0 saturated heterocycles. The molecule has 1 aliphatic rings. The van der Waals surface area contributed by atoms with Crippen LogP contribution in [0, 0.1) is 0 Å². The molecule has 1 aliphatic carbocycles. The lowest BCUT2D eigenvalue weighted by atomic mass is 9.96. The van der Waals surface area contributed by atoms with Crippen molar-refractivity contribution in [2.24, 2.45) is 0 Å². The Kier molecular flexibility index (Phi) is 3.75. The highest BCUT2D eigenvalue weighted by Gasteiger charge is 2.25. The second kappa shape index (κ2) is 5.29. The van der Waals surface area contributed by atoms with Gasteiger partial charge in [-0.2, -0.15) is 0 Å². The second-order valence-electron chi connectivity index (χ2n) is 4.80. The van der Waals surface area contributed by atoms with Gasteiger partial charge in [0, 0.05) is 13.0 Å². The quantitative estimate of drug-likeness (QED) is 0.563. The Bertz CT molecular complexity index is 457. The molecule has 2 rings (SSSR count). The van der Waals surface area contributed by atoms with Crippen LogP contribution in [0.4, 0.5) is 5.69 Å². The third kappa shape index (κ3) is 2.42. The number of amides is 1. The maximum Gasteiger partial charge on any atom is 0.219 e. The van der Waals surface area contributed by atoms with E-state index in [-0.39, 0.29) is 11.7 Å². The van der Waals surface area contributed by atoms with Crippen molar-refractivity contribution in [1.29, 1.82) is 0 Å². The predicted octanol–water partition coefficient (Wildman–Crippen LogP) is 1.92. The highest BCUT2D eigenvalue weighted by molar-refractivity contribution is 5.75. The Morgan fingerprint density at radius 1 is 1.56 bits per heavy atom. The first-order valence-electron chi connectivity index (χ1n) is 6.50. The van der Waals surface area contributed by atoms with Gasteiger partial charge in [0.05, 0.1) is 5.69 Å². The van der Waals surface area contributed by atoms with Gasteiger partial charge in [0.15, 0.2) is 0 Å². The van der Waals surface area contributed by atoms with Gasteiger partial charge in [-0.3, -0.25) is 4.79 Å². The van der Waals surface area contributed by atoms with Crippen molar-refractivity contribution in [3.05, 3.63) is 23.3 Å². The van der Waals surface area contributed by atoms with Crippen LogP contribution in [0.5, 0.6) is 5.75 Å². The molecule has 1 aromatic carbocycles. The zero-order valence-corrected chi connectivity index (χ0v) is 10.7. The summed E-state index contributed by atoms with van der Waals surface area (Å²) in [4.78, 5) is 11.2. The number of aromatic hydroxyl groups is 1. The highest BCUT2D eigenvalue weighted by Crippen LogP contribution is 2.42. The summed E-state index contributed by atoms with van der Waals surface area (Å²) in [6.45, 7) is 2.52. The lowest BCUT2D eigenvalue weighted by molar-refractivity contribution is -0.120. The number of benzene rings is 1. The molecule has 0 heterocycles. The van der Waals surface area contributed by atoms with Crippen LogP contribution >= 0.6 is 0 Å². The molecule has 0 aliphatic heterocycles. The minimum absolute atomic E-state index is 0.0806. The first-order valence-corrected chi connectivity index (χ1v) is 6.50. The Morgan fingerprint density at radius 2 is 2.33 bits per heavy atom. The van der Waals surface area contributed by atoms with E-state index in [1.165, 1.54) is 5.56 Å². The number of phenols is 1. The van der Waals surface area contributed by atoms with Gasteiger partial charge < -0.3 is 16.2 Å². The van der Waals surface area contributed by atoms with Crippen molar-refractivity contribution in [2.75, 3.05) is 12.3 Å². The lowest BCUT2D eigenvalue weighted by Gasteiger charge is -2.15. The fourth-order valence-electron chi connectivity index (χ4n) is 2.64. The number of fused-ring (bicyclic) bond motifs is 1. The average molecular weight is 248 g/mol. The van der Waals surface area contributed by atoms with E-state index >= 15 is 0 Å². The molecule has 18 heavy (non-hydrogen) atoms. The van der Waals surface area contributed by atoms with Crippen molar-refractivity contribution in [2.45, 2.75) is 38.5 Å². The number of anilines is 1. The van der Waals surface area contributed by atoms with Crippen LogP contribution in [0.15, 0.2) is 12.1 Å². The molecule has 0 radical (unpaired) electrons. The van der Waals surface area contributed by atoms with E-state index in [0.717, 1.165) is 24.8 Å². The molecular formula is C14H20N2O2. The van der Waals surface area contributed by atoms with Crippen molar-refractivity contribution in [3.63, 3.8) is 0 Å². The lowest BCUT2D eigenvalue weighted by Crippen LogP contribution is -2.24. The van der Waals surface area contributed by atoms with E-state index in [1.807, 2.05) is 13.0 Å². The van der Waals surface area contributed by atoms with E-state index in [2.05, 4.69) is 5.32 Å². The number of carbonyl (C=O) groups is 1. The zero-order valence-electron chi connectivity index (χ0n) is 10.7. The number of hydrogen-bond donors (Lipinski definition) is 3. The summed E-state index contributed by atoms with van der Waals surface area (Å²) in [5.41, 5.74) is 8.77. The van der Waals surface area contributed by atoms with Gasteiger partial charge in [-0.25, -0.2) is 0 Å². The summed E-state index contributed by atoms with van der Waals surface area (Å²) in [7, 11) is 0.